The summed E-state index contributed by atoms with van der Waals surface area (Å²) in [4.78, 5) is 16.6. The summed E-state index contributed by atoms with van der Waals surface area (Å²) in [6.45, 7) is 3.60. The van der Waals surface area contributed by atoms with Crippen LogP contribution in [0.15, 0.2) is 0 Å². The van der Waals surface area contributed by atoms with Crippen molar-refractivity contribution in [3.8, 4) is 0 Å². The highest BCUT2D eigenvalue weighted by atomic mass is 31.2. The lowest BCUT2D eigenvalue weighted by Crippen LogP contribution is -2.31. The van der Waals surface area contributed by atoms with Crippen LogP contribution in [-0.2, 0) is 9.09 Å². The molecule has 0 aliphatic rings. The minimum atomic E-state index is -4.34. The first-order chi connectivity index (χ1) is 4.83. The van der Waals surface area contributed by atoms with Crippen molar-refractivity contribution in [3.63, 3.8) is 0 Å². The van der Waals surface area contributed by atoms with Gasteiger partial charge in [-0.2, -0.15) is 0 Å². The van der Waals surface area contributed by atoms with Gasteiger partial charge >= 0.3 is 7.82 Å². The maximum atomic E-state index is 10.2. The summed E-state index contributed by atoms with van der Waals surface area (Å²) < 4.78 is 14.4. The Morgan fingerprint density at radius 2 is 2.00 bits per heavy atom. The lowest BCUT2D eigenvalue weighted by Gasteiger charge is -2.15. The quantitative estimate of drug-likeness (QED) is 0.536. The Labute approximate surface area is 65.8 Å². The number of hydrogen-bond donors (Lipinski definition) is 3. The SMILES string of the molecule is CC(C)[C@@H](N)COP(=O)(O)O. The van der Waals surface area contributed by atoms with Crippen LogP contribution >= 0.6 is 7.82 Å². The van der Waals surface area contributed by atoms with Gasteiger partial charge in [0.25, 0.3) is 0 Å². The van der Waals surface area contributed by atoms with Crippen molar-refractivity contribution in [2.24, 2.45) is 11.7 Å². The number of phosphoric ester groups is 1. The van der Waals surface area contributed by atoms with Gasteiger partial charge in [0.15, 0.2) is 0 Å². The molecule has 0 saturated carbocycles. The van der Waals surface area contributed by atoms with E-state index in [1.807, 2.05) is 13.8 Å². The van der Waals surface area contributed by atoms with Crippen molar-refractivity contribution >= 4 is 7.82 Å². The molecule has 0 amide bonds. The summed E-state index contributed by atoms with van der Waals surface area (Å²) in [5.74, 6) is 0.154. The molecule has 11 heavy (non-hydrogen) atoms. The molecule has 0 rings (SSSR count). The minimum Gasteiger partial charge on any atom is -0.325 e. The van der Waals surface area contributed by atoms with Crippen LogP contribution in [0.25, 0.3) is 0 Å². The van der Waals surface area contributed by atoms with Crippen LogP contribution < -0.4 is 5.73 Å². The molecule has 0 radical (unpaired) electrons. The van der Waals surface area contributed by atoms with Crippen molar-refractivity contribution in [2.75, 3.05) is 6.61 Å². The first-order valence-electron chi connectivity index (χ1n) is 3.28. The molecular weight excluding hydrogens is 169 g/mol. The second-order valence-electron chi connectivity index (χ2n) is 2.69. The lowest BCUT2D eigenvalue weighted by molar-refractivity contribution is 0.175. The average Bonchev–Trinajstić information content (AvgIpc) is 1.80. The predicted octanol–water partition coefficient (Wildman–Crippen LogP) is 0.0790. The van der Waals surface area contributed by atoms with Crippen molar-refractivity contribution in [1.82, 2.24) is 0 Å². The Morgan fingerprint density at radius 1 is 1.55 bits per heavy atom. The average molecular weight is 183 g/mol. The third-order valence-electron chi connectivity index (χ3n) is 1.29. The Bertz CT molecular complexity index is 155. The molecule has 0 fully saturated rings. The molecule has 68 valence electrons. The van der Waals surface area contributed by atoms with E-state index >= 15 is 0 Å². The molecule has 0 heterocycles. The second-order valence-corrected chi connectivity index (χ2v) is 3.93. The van der Waals surface area contributed by atoms with Gasteiger partial charge < -0.3 is 15.5 Å². The first-order valence-corrected chi connectivity index (χ1v) is 4.81. The van der Waals surface area contributed by atoms with E-state index < -0.39 is 7.82 Å². The number of rotatable bonds is 4. The maximum absolute atomic E-state index is 10.2. The van der Waals surface area contributed by atoms with E-state index in [2.05, 4.69) is 4.52 Å². The Hall–Kier alpha value is 0.0700. The van der Waals surface area contributed by atoms with E-state index in [0.29, 0.717) is 0 Å². The number of hydrogen-bond acceptors (Lipinski definition) is 3. The molecular formula is C5H14NO4P. The second kappa shape index (κ2) is 4.18. The topological polar surface area (TPSA) is 92.8 Å². The van der Waals surface area contributed by atoms with Crippen molar-refractivity contribution in [2.45, 2.75) is 19.9 Å². The summed E-state index contributed by atoms with van der Waals surface area (Å²) in [6.07, 6.45) is 0. The molecule has 5 nitrogen and oxygen atoms in total. The highest BCUT2D eigenvalue weighted by Gasteiger charge is 2.17. The molecule has 4 N–H and O–H groups in total. The van der Waals surface area contributed by atoms with Gasteiger partial charge in [-0.25, -0.2) is 4.57 Å². The first kappa shape index (κ1) is 11.1. The van der Waals surface area contributed by atoms with Crippen molar-refractivity contribution in [1.29, 1.82) is 0 Å². The van der Waals surface area contributed by atoms with Crippen molar-refractivity contribution in [3.05, 3.63) is 0 Å². The molecule has 0 spiro atoms. The maximum Gasteiger partial charge on any atom is 0.469 e. The molecule has 0 unspecified atom stereocenters. The van der Waals surface area contributed by atoms with Crippen LogP contribution in [-0.4, -0.2) is 22.4 Å². The highest BCUT2D eigenvalue weighted by molar-refractivity contribution is 7.46. The summed E-state index contributed by atoms with van der Waals surface area (Å²) >= 11 is 0. The zero-order chi connectivity index (χ0) is 9.07. The number of phosphoric acid groups is 1. The van der Waals surface area contributed by atoms with Gasteiger partial charge in [0.2, 0.25) is 0 Å². The zero-order valence-electron chi connectivity index (χ0n) is 6.60. The molecule has 0 bridgehead atoms. The normalized spacial score (nSPS) is 15.5. The minimum absolute atomic E-state index is 0.109. The molecule has 1 atom stereocenters. The van der Waals surface area contributed by atoms with Gasteiger partial charge in [0.05, 0.1) is 6.61 Å². The Morgan fingerprint density at radius 3 is 2.27 bits per heavy atom. The smallest absolute Gasteiger partial charge is 0.325 e. The van der Waals surface area contributed by atoms with Crippen LogP contribution in [0, 0.1) is 5.92 Å². The summed E-state index contributed by atoms with van der Waals surface area (Å²) in [6, 6.07) is -0.331. The summed E-state index contributed by atoms with van der Waals surface area (Å²) in [7, 11) is -4.34. The van der Waals surface area contributed by atoms with E-state index in [9.17, 15) is 4.57 Å². The predicted molar refractivity (Wildman–Crippen MR) is 40.8 cm³/mol. The standard InChI is InChI=1S/C5H14NO4P/c1-4(2)5(6)3-10-11(7,8)9/h4-5H,3,6H2,1-2H3,(H2,7,8,9)/t5-/m0/s1. The molecule has 0 aliphatic carbocycles. The van der Waals surface area contributed by atoms with E-state index in [-0.39, 0.29) is 18.6 Å². The van der Waals surface area contributed by atoms with Crippen LogP contribution in [0.5, 0.6) is 0 Å². The Balaban J connectivity index is 3.63. The van der Waals surface area contributed by atoms with Gasteiger partial charge in [0.1, 0.15) is 0 Å². The van der Waals surface area contributed by atoms with Crippen LogP contribution in [0.1, 0.15) is 13.8 Å². The largest absolute Gasteiger partial charge is 0.469 e. The van der Waals surface area contributed by atoms with Gasteiger partial charge in [-0.1, -0.05) is 13.8 Å². The van der Waals surface area contributed by atoms with E-state index in [4.69, 9.17) is 15.5 Å². The van der Waals surface area contributed by atoms with Crippen LogP contribution in [0.3, 0.4) is 0 Å². The van der Waals surface area contributed by atoms with Crippen LogP contribution in [0.4, 0.5) is 0 Å². The molecule has 0 aromatic heterocycles. The lowest BCUT2D eigenvalue weighted by atomic mass is 10.1. The summed E-state index contributed by atoms with van der Waals surface area (Å²) in [5.41, 5.74) is 5.46. The number of nitrogens with two attached hydrogens (primary N) is 1. The van der Waals surface area contributed by atoms with E-state index in [0.717, 1.165) is 0 Å². The zero-order valence-corrected chi connectivity index (χ0v) is 7.49. The fourth-order valence-electron chi connectivity index (χ4n) is 0.376. The van der Waals surface area contributed by atoms with Crippen molar-refractivity contribution < 1.29 is 18.9 Å². The van der Waals surface area contributed by atoms with Gasteiger partial charge in [-0.3, -0.25) is 4.52 Å². The fourth-order valence-corrected chi connectivity index (χ4v) is 0.742. The molecule has 6 heteroatoms. The van der Waals surface area contributed by atoms with Gasteiger partial charge in [0, 0.05) is 6.04 Å². The van der Waals surface area contributed by atoms with Gasteiger partial charge in [-0.05, 0) is 5.92 Å². The summed E-state index contributed by atoms with van der Waals surface area (Å²) in [5, 5.41) is 0. The molecule has 0 aromatic rings. The monoisotopic (exact) mass is 183 g/mol. The molecule has 0 aromatic carbocycles. The fraction of sp³-hybridized carbons (Fsp3) is 1.00. The molecule has 0 aliphatic heterocycles. The highest BCUT2D eigenvalue weighted by Crippen LogP contribution is 2.35. The van der Waals surface area contributed by atoms with E-state index in [1.54, 1.807) is 0 Å². The van der Waals surface area contributed by atoms with Crippen LogP contribution in [0.2, 0.25) is 0 Å². The van der Waals surface area contributed by atoms with Gasteiger partial charge in [-0.15, -0.1) is 0 Å². The Kier molecular flexibility index (Phi) is 4.21. The third-order valence-corrected chi connectivity index (χ3v) is 1.78. The molecule has 0 saturated heterocycles. The third kappa shape index (κ3) is 6.47. The van der Waals surface area contributed by atoms with E-state index in [1.165, 1.54) is 0 Å².